The predicted octanol–water partition coefficient (Wildman–Crippen LogP) is 2.90. The highest BCUT2D eigenvalue weighted by Gasteiger charge is 2.29. The molecule has 3 N–H and O–H groups in total. The molecule has 2 aromatic carbocycles. The van der Waals surface area contributed by atoms with Crippen molar-refractivity contribution < 1.29 is 13.2 Å². The quantitative estimate of drug-likeness (QED) is 0.712. The summed E-state index contributed by atoms with van der Waals surface area (Å²) in [5, 5.41) is 6.28. The number of nitrogen functional groups attached to an aromatic ring is 1. The van der Waals surface area contributed by atoms with E-state index in [1.807, 2.05) is 0 Å². The van der Waals surface area contributed by atoms with Gasteiger partial charge in [-0.25, -0.2) is 13.1 Å². The Hall–Kier alpha value is -2.84. The van der Waals surface area contributed by atoms with Crippen LogP contribution in [0.4, 0.5) is 11.5 Å². The van der Waals surface area contributed by atoms with Gasteiger partial charge in [0.05, 0.1) is 10.6 Å². The molecule has 26 heavy (non-hydrogen) atoms. The summed E-state index contributed by atoms with van der Waals surface area (Å²) in [6.07, 6.45) is 0. The molecule has 0 aliphatic heterocycles. The van der Waals surface area contributed by atoms with Gasteiger partial charge in [0.2, 0.25) is 15.7 Å². The number of amides is 1. The summed E-state index contributed by atoms with van der Waals surface area (Å²) in [6, 6.07) is 14.4. The van der Waals surface area contributed by atoms with E-state index >= 15 is 0 Å². The SMILES string of the molecule is CC(=O)Nc1ccc(S(=O)(=O)c2c(Cl)c(N)nn2-c2ccccc2)cc1. The van der Waals surface area contributed by atoms with Crippen LogP contribution in [0, 0.1) is 0 Å². The zero-order valence-corrected chi connectivity index (χ0v) is 15.3. The molecule has 0 aliphatic carbocycles. The van der Waals surface area contributed by atoms with E-state index in [1.165, 1.54) is 35.9 Å². The summed E-state index contributed by atoms with van der Waals surface area (Å²) < 4.78 is 27.4. The van der Waals surface area contributed by atoms with E-state index in [1.54, 1.807) is 30.3 Å². The van der Waals surface area contributed by atoms with E-state index in [4.69, 9.17) is 17.3 Å². The minimum absolute atomic E-state index is 0.00517. The van der Waals surface area contributed by atoms with Crippen molar-refractivity contribution in [3.05, 3.63) is 59.6 Å². The molecule has 7 nitrogen and oxygen atoms in total. The molecule has 0 aliphatic rings. The Morgan fingerprint density at radius 3 is 2.31 bits per heavy atom. The number of nitrogens with one attached hydrogen (secondary N) is 1. The lowest BCUT2D eigenvalue weighted by molar-refractivity contribution is -0.114. The Morgan fingerprint density at radius 1 is 1.12 bits per heavy atom. The van der Waals surface area contributed by atoms with E-state index in [0.29, 0.717) is 11.4 Å². The molecule has 1 aromatic heterocycles. The molecule has 1 heterocycles. The molecule has 3 rings (SSSR count). The summed E-state index contributed by atoms with van der Waals surface area (Å²) in [4.78, 5) is 11.1. The highest BCUT2D eigenvalue weighted by molar-refractivity contribution is 7.91. The smallest absolute Gasteiger partial charge is 0.225 e. The van der Waals surface area contributed by atoms with Gasteiger partial charge in [0.15, 0.2) is 10.8 Å². The van der Waals surface area contributed by atoms with Crippen molar-refractivity contribution in [2.75, 3.05) is 11.1 Å². The summed E-state index contributed by atoms with van der Waals surface area (Å²) in [7, 11) is -4.00. The number of carbonyl (C=O) groups is 1. The van der Waals surface area contributed by atoms with Crippen molar-refractivity contribution in [1.29, 1.82) is 0 Å². The number of nitrogens with two attached hydrogens (primary N) is 1. The third-order valence-electron chi connectivity index (χ3n) is 3.55. The van der Waals surface area contributed by atoms with E-state index in [2.05, 4.69) is 10.4 Å². The predicted molar refractivity (Wildman–Crippen MR) is 99.2 cm³/mol. The normalized spacial score (nSPS) is 11.3. The summed E-state index contributed by atoms with van der Waals surface area (Å²) in [6.45, 7) is 1.37. The van der Waals surface area contributed by atoms with Crippen LogP contribution in [0.15, 0.2) is 64.5 Å². The summed E-state index contributed by atoms with van der Waals surface area (Å²) >= 11 is 6.15. The molecule has 0 atom stereocenters. The van der Waals surface area contributed by atoms with Crippen molar-refractivity contribution >= 4 is 38.9 Å². The maximum absolute atomic E-state index is 13.1. The molecule has 0 radical (unpaired) electrons. The standard InChI is InChI=1S/C17H15ClN4O3S/c1-11(23)20-12-7-9-14(10-8-12)26(24,25)17-15(18)16(19)21-22(17)13-5-3-2-4-6-13/h2-10H,1H3,(H2,19,21)(H,20,23). The minimum Gasteiger partial charge on any atom is -0.381 e. The number of anilines is 2. The fourth-order valence-corrected chi connectivity index (χ4v) is 4.26. The number of hydrogen-bond donors (Lipinski definition) is 2. The van der Waals surface area contributed by atoms with Gasteiger partial charge in [-0.2, -0.15) is 0 Å². The number of halogens is 1. The van der Waals surface area contributed by atoms with E-state index in [0.717, 1.165) is 0 Å². The van der Waals surface area contributed by atoms with Gasteiger partial charge in [0.1, 0.15) is 5.02 Å². The van der Waals surface area contributed by atoms with E-state index in [-0.39, 0.29) is 26.7 Å². The van der Waals surface area contributed by atoms with Crippen molar-refractivity contribution in [2.45, 2.75) is 16.8 Å². The third kappa shape index (κ3) is 3.29. The lowest BCUT2D eigenvalue weighted by Gasteiger charge is -2.10. The van der Waals surface area contributed by atoms with Gasteiger partial charge in [-0.15, -0.1) is 5.10 Å². The lowest BCUT2D eigenvalue weighted by Crippen LogP contribution is -2.11. The fraction of sp³-hybridized carbons (Fsp3) is 0.0588. The van der Waals surface area contributed by atoms with Crippen LogP contribution in [-0.2, 0) is 14.6 Å². The van der Waals surface area contributed by atoms with Crippen LogP contribution >= 0.6 is 11.6 Å². The highest BCUT2D eigenvalue weighted by Crippen LogP contribution is 2.33. The van der Waals surface area contributed by atoms with Gasteiger partial charge < -0.3 is 11.1 Å². The topological polar surface area (TPSA) is 107 Å². The van der Waals surface area contributed by atoms with Crippen LogP contribution in [0.25, 0.3) is 5.69 Å². The minimum atomic E-state index is -4.00. The molecule has 9 heteroatoms. The average Bonchev–Trinajstić information content (AvgIpc) is 2.91. The number of para-hydroxylation sites is 1. The Bertz CT molecular complexity index is 1060. The first kappa shape index (κ1) is 18.0. The number of hydrogen-bond acceptors (Lipinski definition) is 5. The number of rotatable bonds is 4. The second kappa shape index (κ2) is 6.81. The molecule has 0 unspecified atom stereocenters. The molecule has 0 spiro atoms. The van der Waals surface area contributed by atoms with Crippen LogP contribution < -0.4 is 11.1 Å². The molecule has 0 saturated heterocycles. The van der Waals surface area contributed by atoms with Crippen molar-refractivity contribution in [3.8, 4) is 5.69 Å². The first-order valence-electron chi connectivity index (χ1n) is 7.53. The maximum Gasteiger partial charge on any atom is 0.225 e. The average molecular weight is 391 g/mol. The molecule has 134 valence electrons. The van der Waals surface area contributed by atoms with Gasteiger partial charge in [-0.1, -0.05) is 29.8 Å². The Labute approximate surface area is 155 Å². The third-order valence-corrected chi connectivity index (χ3v) is 5.82. The Kier molecular flexibility index (Phi) is 4.71. The molecule has 0 bridgehead atoms. The Balaban J connectivity index is 2.12. The van der Waals surface area contributed by atoms with Crippen molar-refractivity contribution in [2.24, 2.45) is 0 Å². The largest absolute Gasteiger partial charge is 0.381 e. The number of nitrogens with zero attached hydrogens (tertiary/aromatic N) is 2. The fourth-order valence-electron chi connectivity index (χ4n) is 2.41. The van der Waals surface area contributed by atoms with Crippen LogP contribution in [0.5, 0.6) is 0 Å². The van der Waals surface area contributed by atoms with Crippen LogP contribution in [0.2, 0.25) is 5.02 Å². The monoisotopic (exact) mass is 390 g/mol. The summed E-state index contributed by atoms with van der Waals surface area (Å²) in [5.74, 6) is -0.331. The molecule has 1 amide bonds. The number of benzene rings is 2. The van der Waals surface area contributed by atoms with Crippen molar-refractivity contribution in [1.82, 2.24) is 9.78 Å². The molecule has 0 fully saturated rings. The second-order valence-electron chi connectivity index (χ2n) is 5.46. The second-order valence-corrected chi connectivity index (χ2v) is 7.70. The van der Waals surface area contributed by atoms with Crippen LogP contribution in [0.3, 0.4) is 0 Å². The number of aromatic nitrogens is 2. The van der Waals surface area contributed by atoms with Gasteiger partial charge in [0, 0.05) is 12.6 Å². The number of sulfone groups is 1. The zero-order chi connectivity index (χ0) is 18.9. The van der Waals surface area contributed by atoms with E-state index < -0.39 is 9.84 Å². The van der Waals surface area contributed by atoms with Gasteiger partial charge in [-0.3, -0.25) is 4.79 Å². The lowest BCUT2D eigenvalue weighted by atomic mass is 10.3. The molecule has 0 saturated carbocycles. The van der Waals surface area contributed by atoms with Crippen LogP contribution in [-0.4, -0.2) is 24.1 Å². The molecule has 3 aromatic rings. The molecular formula is C17H15ClN4O3S. The van der Waals surface area contributed by atoms with Gasteiger partial charge in [-0.05, 0) is 36.4 Å². The maximum atomic E-state index is 13.1. The highest BCUT2D eigenvalue weighted by atomic mass is 35.5. The Morgan fingerprint density at radius 2 is 1.73 bits per heavy atom. The van der Waals surface area contributed by atoms with Crippen molar-refractivity contribution in [3.63, 3.8) is 0 Å². The zero-order valence-electron chi connectivity index (χ0n) is 13.7. The first-order chi connectivity index (χ1) is 12.3. The van der Waals surface area contributed by atoms with Gasteiger partial charge >= 0.3 is 0 Å². The van der Waals surface area contributed by atoms with Gasteiger partial charge in [0.25, 0.3) is 0 Å². The summed E-state index contributed by atoms with van der Waals surface area (Å²) in [5.41, 5.74) is 6.75. The van der Waals surface area contributed by atoms with E-state index in [9.17, 15) is 13.2 Å². The molecular weight excluding hydrogens is 376 g/mol. The van der Waals surface area contributed by atoms with Crippen LogP contribution in [0.1, 0.15) is 6.92 Å². The number of carbonyl (C=O) groups excluding carboxylic acids is 1. The first-order valence-corrected chi connectivity index (χ1v) is 9.39.